The number of hydrogen-bond donors (Lipinski definition) is 3. The molecule has 0 spiro atoms. The molecule has 5 N–H and O–H groups in total. The van der Waals surface area contributed by atoms with Crippen molar-refractivity contribution in [3.05, 3.63) is 22.5 Å². The van der Waals surface area contributed by atoms with Crippen LogP contribution in [0, 0.1) is 5.92 Å². The molecule has 2 fully saturated rings. The van der Waals surface area contributed by atoms with Gasteiger partial charge in [0, 0.05) is 37.6 Å². The molecule has 0 radical (unpaired) electrons. The molecule has 172 valence electrons. The van der Waals surface area contributed by atoms with Crippen LogP contribution in [-0.4, -0.2) is 82.5 Å². The summed E-state index contributed by atoms with van der Waals surface area (Å²) in [7, 11) is 1.40. The molecule has 0 aromatic rings. The summed E-state index contributed by atoms with van der Waals surface area (Å²) in [5, 5.41) is 8.81. The van der Waals surface area contributed by atoms with Gasteiger partial charge in [-0.15, -0.1) is 0 Å². The quantitative estimate of drug-likeness (QED) is 0.317. The first-order valence-corrected chi connectivity index (χ1v) is 10.2. The highest BCUT2D eigenvalue weighted by atomic mass is 16.6. The zero-order chi connectivity index (χ0) is 23.5. The van der Waals surface area contributed by atoms with Gasteiger partial charge in [-0.25, -0.2) is 4.79 Å². The molecule has 1 aliphatic carbocycles. The minimum Gasteiger partial charge on any atom is -0.481 e. The smallest absolute Gasteiger partial charge is 0.404 e. The Hall–Kier alpha value is -3.41. The number of fused-ring (bicyclic) bond motifs is 4. The predicted octanol–water partition coefficient (Wildman–Crippen LogP) is -1.16. The number of ketones is 2. The lowest BCUT2D eigenvalue weighted by Gasteiger charge is -2.41. The summed E-state index contributed by atoms with van der Waals surface area (Å²) in [6.07, 6.45) is -0.958. The Morgan fingerprint density at radius 2 is 1.91 bits per heavy atom. The molecule has 0 unspecified atom stereocenters. The van der Waals surface area contributed by atoms with Crippen LogP contribution in [0.5, 0.6) is 0 Å². The molecule has 4 aliphatic rings. The highest BCUT2D eigenvalue weighted by Crippen LogP contribution is 2.59. The molecule has 12 heteroatoms. The molecule has 3 heterocycles. The van der Waals surface area contributed by atoms with E-state index < -0.39 is 41.3 Å². The number of ether oxygens (including phenoxy) is 2. The normalized spacial score (nSPS) is 30.4. The van der Waals surface area contributed by atoms with Crippen molar-refractivity contribution in [2.24, 2.45) is 17.4 Å². The summed E-state index contributed by atoms with van der Waals surface area (Å²) in [6, 6.07) is -0.803. The van der Waals surface area contributed by atoms with E-state index in [0.717, 1.165) is 0 Å². The minimum absolute atomic E-state index is 0.0418. The molecular formula is C20H24N4O8. The SMILES string of the molecule is CO[C@]12[C@@H](COC(N)=O)C3=C(C(=O)C(C)=C(N)C3=O)N1C[C@@H]1[C@H]2N1C(=O)CCCC(=O)O. The summed E-state index contributed by atoms with van der Waals surface area (Å²) < 4.78 is 10.9. The van der Waals surface area contributed by atoms with Gasteiger partial charge in [0.25, 0.3) is 0 Å². The third-order valence-corrected chi connectivity index (χ3v) is 6.76. The first kappa shape index (κ1) is 21.8. The number of hydrogen-bond acceptors (Lipinski definition) is 9. The van der Waals surface area contributed by atoms with E-state index in [9.17, 15) is 24.0 Å². The molecule has 4 atom stereocenters. The number of nitrogens with zero attached hydrogens (tertiary/aromatic N) is 2. The Morgan fingerprint density at radius 3 is 2.50 bits per heavy atom. The molecule has 0 bridgehead atoms. The fourth-order valence-corrected chi connectivity index (χ4v) is 5.34. The number of carbonyl (C=O) groups excluding carboxylic acids is 4. The maximum atomic E-state index is 13.1. The van der Waals surface area contributed by atoms with Gasteiger partial charge >= 0.3 is 12.1 Å². The highest BCUT2D eigenvalue weighted by Gasteiger charge is 2.77. The molecule has 0 aromatic heterocycles. The van der Waals surface area contributed by atoms with Gasteiger partial charge in [0.15, 0.2) is 5.72 Å². The van der Waals surface area contributed by atoms with Gasteiger partial charge in [-0.3, -0.25) is 19.2 Å². The molecule has 3 aliphatic heterocycles. The molecule has 0 saturated carbocycles. The molecule has 4 rings (SSSR count). The number of amides is 2. The lowest BCUT2D eigenvalue weighted by Crippen LogP contribution is -2.56. The van der Waals surface area contributed by atoms with Crippen molar-refractivity contribution in [2.45, 2.75) is 44.0 Å². The maximum absolute atomic E-state index is 13.1. The van der Waals surface area contributed by atoms with Crippen molar-refractivity contribution < 1.29 is 38.6 Å². The number of nitrogens with two attached hydrogens (primary N) is 2. The molecule has 32 heavy (non-hydrogen) atoms. The maximum Gasteiger partial charge on any atom is 0.404 e. The summed E-state index contributed by atoms with van der Waals surface area (Å²) in [5.41, 5.74) is 9.89. The Balaban J connectivity index is 1.68. The van der Waals surface area contributed by atoms with E-state index in [-0.39, 0.29) is 66.9 Å². The number of carbonyl (C=O) groups is 5. The van der Waals surface area contributed by atoms with Crippen LogP contribution in [0.15, 0.2) is 22.5 Å². The lowest BCUT2D eigenvalue weighted by atomic mass is 9.82. The first-order valence-electron chi connectivity index (χ1n) is 10.2. The summed E-state index contributed by atoms with van der Waals surface area (Å²) in [5.74, 6) is -3.09. The zero-order valence-corrected chi connectivity index (χ0v) is 17.6. The van der Waals surface area contributed by atoms with Gasteiger partial charge in [0.05, 0.1) is 23.4 Å². The summed E-state index contributed by atoms with van der Waals surface area (Å²) >= 11 is 0. The monoisotopic (exact) mass is 448 g/mol. The third kappa shape index (κ3) is 2.82. The van der Waals surface area contributed by atoms with Crippen LogP contribution in [0.3, 0.4) is 0 Å². The Bertz CT molecular complexity index is 1020. The van der Waals surface area contributed by atoms with E-state index in [2.05, 4.69) is 0 Å². The Kier molecular flexibility index (Phi) is 4.99. The van der Waals surface area contributed by atoms with E-state index in [1.807, 2.05) is 0 Å². The number of primary amides is 1. The minimum atomic E-state index is -1.32. The van der Waals surface area contributed by atoms with Gasteiger partial charge in [0.1, 0.15) is 12.6 Å². The summed E-state index contributed by atoms with van der Waals surface area (Å²) in [4.78, 5) is 64.2. The number of carboxylic acid groups (broad SMARTS) is 1. The van der Waals surface area contributed by atoms with Crippen LogP contribution < -0.4 is 11.5 Å². The van der Waals surface area contributed by atoms with E-state index in [1.54, 1.807) is 9.80 Å². The lowest BCUT2D eigenvalue weighted by molar-refractivity contribution is -0.153. The van der Waals surface area contributed by atoms with Crippen molar-refractivity contribution >= 4 is 29.5 Å². The Labute approximate surface area is 182 Å². The van der Waals surface area contributed by atoms with E-state index in [1.165, 1.54) is 14.0 Å². The van der Waals surface area contributed by atoms with E-state index >= 15 is 0 Å². The van der Waals surface area contributed by atoms with Crippen molar-refractivity contribution in [2.75, 3.05) is 20.3 Å². The number of allylic oxidation sites excluding steroid dienone is 2. The number of aliphatic carboxylic acids is 1. The van der Waals surface area contributed by atoms with Crippen LogP contribution in [-0.2, 0) is 28.7 Å². The van der Waals surface area contributed by atoms with Crippen LogP contribution in [0.2, 0.25) is 0 Å². The molecule has 2 saturated heterocycles. The largest absolute Gasteiger partial charge is 0.481 e. The van der Waals surface area contributed by atoms with Crippen molar-refractivity contribution in [3.63, 3.8) is 0 Å². The summed E-state index contributed by atoms with van der Waals surface area (Å²) in [6.45, 7) is 1.37. The fraction of sp³-hybridized carbons (Fsp3) is 0.550. The first-order chi connectivity index (χ1) is 15.1. The second-order valence-corrected chi connectivity index (χ2v) is 8.27. The molecule has 0 aromatic carbocycles. The van der Waals surface area contributed by atoms with Crippen molar-refractivity contribution in [1.82, 2.24) is 9.80 Å². The number of methoxy groups -OCH3 is 1. The third-order valence-electron chi connectivity index (χ3n) is 6.76. The Morgan fingerprint density at radius 1 is 1.22 bits per heavy atom. The van der Waals surface area contributed by atoms with Crippen molar-refractivity contribution in [1.29, 1.82) is 0 Å². The number of piperazine rings is 1. The van der Waals surface area contributed by atoms with Gasteiger partial charge in [0.2, 0.25) is 17.5 Å². The van der Waals surface area contributed by atoms with Crippen LogP contribution in [0.1, 0.15) is 26.2 Å². The van der Waals surface area contributed by atoms with E-state index in [0.29, 0.717) is 0 Å². The number of Topliss-reactive ketones (excluding diaryl/α,β-unsaturated/α-hetero) is 2. The average Bonchev–Trinajstić information content (AvgIpc) is 3.24. The predicted molar refractivity (Wildman–Crippen MR) is 105 cm³/mol. The van der Waals surface area contributed by atoms with Gasteiger partial charge in [-0.2, -0.15) is 0 Å². The van der Waals surface area contributed by atoms with Crippen LogP contribution in [0.25, 0.3) is 0 Å². The van der Waals surface area contributed by atoms with Crippen LogP contribution in [0.4, 0.5) is 4.79 Å². The standard InChI is InChI=1S/C20H24N4O8/c1-8-14(21)17(29)13-9(7-32-19(22)30)20(31-2)18-10(6-23(20)15(13)16(8)28)24(18)11(25)4-3-5-12(26)27/h9-10,18H,3-7,21H2,1-2H3,(H2,22,30)(H,26,27)/t9-,10+,18+,20-,24?/m0/s1. The van der Waals surface area contributed by atoms with Crippen LogP contribution >= 0.6 is 0 Å². The fourth-order valence-electron chi connectivity index (χ4n) is 5.34. The van der Waals surface area contributed by atoms with Crippen molar-refractivity contribution in [3.8, 4) is 0 Å². The second kappa shape index (κ2) is 7.33. The highest BCUT2D eigenvalue weighted by molar-refractivity contribution is 6.25. The second-order valence-electron chi connectivity index (χ2n) is 8.27. The number of rotatable bonds is 7. The molecule has 12 nitrogen and oxygen atoms in total. The van der Waals surface area contributed by atoms with Gasteiger partial charge in [-0.1, -0.05) is 0 Å². The van der Waals surface area contributed by atoms with Gasteiger partial charge < -0.3 is 35.8 Å². The van der Waals surface area contributed by atoms with E-state index in [4.69, 9.17) is 26.0 Å². The zero-order valence-electron chi connectivity index (χ0n) is 17.6. The van der Waals surface area contributed by atoms with Gasteiger partial charge in [-0.05, 0) is 13.3 Å². The number of carboxylic acids is 1. The molecular weight excluding hydrogens is 424 g/mol. The average molecular weight is 448 g/mol. The molecule has 2 amide bonds. The topological polar surface area (TPSA) is 182 Å².